The number of aliphatic carboxylic acids is 1. The number of amides is 1. The van der Waals surface area contributed by atoms with Crippen molar-refractivity contribution in [3.63, 3.8) is 0 Å². The summed E-state index contributed by atoms with van der Waals surface area (Å²) in [7, 11) is 0. The number of hydrogen-bond donors (Lipinski definition) is 2. The van der Waals surface area contributed by atoms with Gasteiger partial charge in [-0.25, -0.2) is 9.78 Å². The van der Waals surface area contributed by atoms with Gasteiger partial charge >= 0.3 is 5.97 Å². The molecule has 1 heterocycles. The van der Waals surface area contributed by atoms with Crippen LogP contribution in [0, 0.1) is 15.5 Å². The number of nitro groups is 1. The summed E-state index contributed by atoms with van der Waals surface area (Å²) in [5, 5.41) is 22.2. The largest absolute Gasteiger partial charge is 0.480 e. The molecule has 1 amide bonds. The molecule has 9 heteroatoms. The van der Waals surface area contributed by atoms with Gasteiger partial charge in [-0.3, -0.25) is 14.9 Å². The van der Waals surface area contributed by atoms with E-state index in [-0.39, 0.29) is 10.7 Å². The number of rotatable bonds is 4. The molecule has 0 aliphatic carbocycles. The monoisotopic (exact) mass is 315 g/mol. The molecule has 1 atom stereocenters. The number of nitrogens with one attached hydrogen (secondary N) is 1. The van der Waals surface area contributed by atoms with E-state index in [0.717, 1.165) is 12.3 Å². The van der Waals surface area contributed by atoms with Crippen LogP contribution in [0.2, 0.25) is 5.15 Å². The van der Waals surface area contributed by atoms with Crippen molar-refractivity contribution in [2.24, 2.45) is 5.41 Å². The van der Waals surface area contributed by atoms with E-state index in [4.69, 9.17) is 16.7 Å². The number of nitrogens with zero attached hydrogens (tertiary/aromatic N) is 2. The SMILES string of the molecule is CC(C)(C)C(NC(=O)c1cc(Cl)ncc1[N+](=O)[O-])C(=O)O. The first-order valence-electron chi connectivity index (χ1n) is 5.87. The number of aromatic nitrogens is 1. The fraction of sp³-hybridized carbons (Fsp3) is 0.417. The van der Waals surface area contributed by atoms with Crippen molar-refractivity contribution in [3.8, 4) is 0 Å². The van der Waals surface area contributed by atoms with Gasteiger partial charge < -0.3 is 10.4 Å². The highest BCUT2D eigenvalue weighted by Crippen LogP contribution is 2.23. The molecule has 0 saturated heterocycles. The number of carbonyl (C=O) groups is 2. The first-order chi connectivity index (χ1) is 9.54. The van der Waals surface area contributed by atoms with Crippen molar-refractivity contribution < 1.29 is 19.6 Å². The molecule has 0 saturated carbocycles. The van der Waals surface area contributed by atoms with E-state index < -0.39 is 33.9 Å². The molecule has 1 unspecified atom stereocenters. The van der Waals surface area contributed by atoms with E-state index in [1.807, 2.05) is 0 Å². The quantitative estimate of drug-likeness (QED) is 0.497. The number of hydrogen-bond acceptors (Lipinski definition) is 5. The first kappa shape index (κ1) is 16.8. The average Bonchev–Trinajstić information content (AvgIpc) is 2.33. The third-order valence-corrected chi connectivity index (χ3v) is 2.89. The van der Waals surface area contributed by atoms with Gasteiger partial charge in [0.15, 0.2) is 0 Å². The fourth-order valence-corrected chi connectivity index (χ4v) is 1.77. The number of carboxylic acid groups (broad SMARTS) is 1. The smallest absolute Gasteiger partial charge is 0.326 e. The Hall–Kier alpha value is -2.22. The van der Waals surface area contributed by atoms with Crippen LogP contribution in [0.4, 0.5) is 5.69 Å². The number of carboxylic acids is 1. The summed E-state index contributed by atoms with van der Waals surface area (Å²) in [6, 6.07) is -0.187. The Bertz CT molecular complexity index is 597. The molecule has 0 aliphatic rings. The Morgan fingerprint density at radius 2 is 2.05 bits per heavy atom. The molecule has 1 aromatic heterocycles. The predicted octanol–water partition coefficient (Wildman–Crippen LogP) is 1.87. The lowest BCUT2D eigenvalue weighted by atomic mass is 9.86. The second kappa shape index (κ2) is 6.04. The van der Waals surface area contributed by atoms with Crippen molar-refractivity contribution in [1.82, 2.24) is 10.3 Å². The van der Waals surface area contributed by atoms with Crippen LogP contribution in [0.15, 0.2) is 12.3 Å². The normalized spacial score (nSPS) is 12.6. The highest BCUT2D eigenvalue weighted by Gasteiger charge is 2.34. The lowest BCUT2D eigenvalue weighted by Gasteiger charge is -2.27. The maximum absolute atomic E-state index is 12.1. The highest BCUT2D eigenvalue weighted by molar-refractivity contribution is 6.29. The van der Waals surface area contributed by atoms with Gasteiger partial charge in [0.25, 0.3) is 11.6 Å². The molecule has 114 valence electrons. The molecule has 0 aromatic carbocycles. The number of halogens is 1. The molecule has 0 bridgehead atoms. The maximum Gasteiger partial charge on any atom is 0.326 e. The van der Waals surface area contributed by atoms with Gasteiger partial charge in [0.2, 0.25) is 0 Å². The van der Waals surface area contributed by atoms with Crippen molar-refractivity contribution in [2.75, 3.05) is 0 Å². The minimum absolute atomic E-state index is 0.103. The lowest BCUT2D eigenvalue weighted by molar-refractivity contribution is -0.385. The molecular weight excluding hydrogens is 302 g/mol. The summed E-state index contributed by atoms with van der Waals surface area (Å²) >= 11 is 5.62. The summed E-state index contributed by atoms with van der Waals surface area (Å²) in [5.41, 5.74) is -1.65. The zero-order chi connectivity index (χ0) is 16.4. The van der Waals surface area contributed by atoms with Crippen LogP contribution < -0.4 is 5.32 Å². The Morgan fingerprint density at radius 3 is 2.48 bits per heavy atom. The third-order valence-electron chi connectivity index (χ3n) is 2.68. The van der Waals surface area contributed by atoms with Gasteiger partial charge in [-0.1, -0.05) is 32.4 Å². The fourth-order valence-electron chi connectivity index (χ4n) is 1.61. The van der Waals surface area contributed by atoms with Crippen LogP contribution in [0.1, 0.15) is 31.1 Å². The second-order valence-corrected chi connectivity index (χ2v) is 5.78. The molecule has 2 N–H and O–H groups in total. The van der Waals surface area contributed by atoms with Crippen LogP contribution in [-0.4, -0.2) is 32.9 Å². The van der Waals surface area contributed by atoms with Gasteiger partial charge in [-0.2, -0.15) is 0 Å². The van der Waals surface area contributed by atoms with Crippen molar-refractivity contribution >= 4 is 29.2 Å². The molecule has 0 fully saturated rings. The molecule has 1 aromatic rings. The van der Waals surface area contributed by atoms with Crippen LogP contribution >= 0.6 is 11.6 Å². The first-order valence-corrected chi connectivity index (χ1v) is 6.25. The number of carbonyl (C=O) groups excluding carboxylic acids is 1. The highest BCUT2D eigenvalue weighted by atomic mass is 35.5. The van der Waals surface area contributed by atoms with Gasteiger partial charge in [0.05, 0.1) is 4.92 Å². The van der Waals surface area contributed by atoms with Crippen molar-refractivity contribution in [3.05, 3.63) is 33.1 Å². The van der Waals surface area contributed by atoms with E-state index in [0.29, 0.717) is 0 Å². The minimum atomic E-state index is -1.24. The van der Waals surface area contributed by atoms with E-state index in [1.54, 1.807) is 20.8 Å². The molecular formula is C12H14ClN3O5. The summed E-state index contributed by atoms with van der Waals surface area (Å²) in [5.74, 6) is -2.13. The van der Waals surface area contributed by atoms with Crippen LogP contribution in [-0.2, 0) is 4.79 Å². The molecule has 0 radical (unpaired) electrons. The third kappa shape index (κ3) is 4.12. The minimum Gasteiger partial charge on any atom is -0.480 e. The molecule has 8 nitrogen and oxygen atoms in total. The summed E-state index contributed by atoms with van der Waals surface area (Å²) in [6.45, 7) is 4.88. The van der Waals surface area contributed by atoms with Gasteiger partial charge in [0, 0.05) is 0 Å². The Labute approximate surface area is 125 Å². The Morgan fingerprint density at radius 1 is 1.48 bits per heavy atom. The zero-order valence-electron chi connectivity index (χ0n) is 11.6. The van der Waals surface area contributed by atoms with E-state index in [1.165, 1.54) is 0 Å². The molecule has 0 spiro atoms. The lowest BCUT2D eigenvalue weighted by Crippen LogP contribution is -2.49. The van der Waals surface area contributed by atoms with E-state index in [2.05, 4.69) is 10.3 Å². The second-order valence-electron chi connectivity index (χ2n) is 5.39. The summed E-state index contributed by atoms with van der Waals surface area (Å²) in [4.78, 5) is 37.0. The standard InChI is InChI=1S/C12H14ClN3O5/c1-12(2,3)9(11(18)19)15-10(17)6-4-8(13)14-5-7(6)16(20)21/h4-5,9H,1-3H3,(H,15,17)(H,18,19). The Balaban J connectivity index is 3.17. The van der Waals surface area contributed by atoms with Crippen molar-refractivity contribution in [1.29, 1.82) is 0 Å². The average molecular weight is 316 g/mol. The topological polar surface area (TPSA) is 122 Å². The van der Waals surface area contributed by atoms with Crippen molar-refractivity contribution in [2.45, 2.75) is 26.8 Å². The molecule has 21 heavy (non-hydrogen) atoms. The van der Waals surface area contributed by atoms with E-state index >= 15 is 0 Å². The van der Waals surface area contributed by atoms with Gasteiger partial charge in [0.1, 0.15) is 23.0 Å². The Kier molecular flexibility index (Phi) is 4.84. The zero-order valence-corrected chi connectivity index (χ0v) is 12.3. The number of pyridine rings is 1. The van der Waals surface area contributed by atoms with Crippen LogP contribution in [0.25, 0.3) is 0 Å². The summed E-state index contributed by atoms with van der Waals surface area (Å²) < 4.78 is 0. The summed E-state index contributed by atoms with van der Waals surface area (Å²) in [6.07, 6.45) is 0.851. The van der Waals surface area contributed by atoms with E-state index in [9.17, 15) is 19.7 Å². The van der Waals surface area contributed by atoms with Gasteiger partial charge in [-0.15, -0.1) is 0 Å². The molecule has 0 aliphatic heterocycles. The van der Waals surface area contributed by atoms with Gasteiger partial charge in [-0.05, 0) is 11.5 Å². The predicted molar refractivity (Wildman–Crippen MR) is 74.2 cm³/mol. The maximum atomic E-state index is 12.1. The van der Waals surface area contributed by atoms with Crippen LogP contribution in [0.3, 0.4) is 0 Å². The van der Waals surface area contributed by atoms with Crippen LogP contribution in [0.5, 0.6) is 0 Å². The molecule has 1 rings (SSSR count).